The van der Waals surface area contributed by atoms with Crippen LogP contribution in [0.5, 0.6) is 0 Å². The van der Waals surface area contributed by atoms with Gasteiger partial charge in [-0.25, -0.2) is 0 Å². The van der Waals surface area contributed by atoms with E-state index in [4.69, 9.17) is 9.47 Å². The molecule has 15 heavy (non-hydrogen) atoms. The molecule has 2 rings (SSSR count). The van der Waals surface area contributed by atoms with Crippen LogP contribution >= 0.6 is 0 Å². The van der Waals surface area contributed by atoms with E-state index in [1.807, 2.05) is 12.2 Å². The Hall–Kier alpha value is -0.640. The van der Waals surface area contributed by atoms with Gasteiger partial charge in [-0.2, -0.15) is 0 Å². The Kier molecular flexibility index (Phi) is 3.24. The highest BCUT2D eigenvalue weighted by Gasteiger charge is 2.40. The Balaban J connectivity index is 2.19. The first-order valence-corrected chi connectivity index (χ1v) is 5.36. The van der Waals surface area contributed by atoms with E-state index in [1.54, 1.807) is 7.11 Å². The summed E-state index contributed by atoms with van der Waals surface area (Å²) >= 11 is 0. The number of morpholine rings is 1. The first-order chi connectivity index (χ1) is 7.29. The van der Waals surface area contributed by atoms with Crippen LogP contribution < -0.4 is 0 Å². The lowest BCUT2D eigenvalue weighted by Crippen LogP contribution is -2.57. The highest BCUT2D eigenvalue weighted by Crippen LogP contribution is 2.31. The number of nitrogens with zero attached hydrogens (tertiary/aromatic N) is 1. The van der Waals surface area contributed by atoms with Crippen molar-refractivity contribution in [3.63, 3.8) is 0 Å². The molecule has 0 saturated carbocycles. The molecule has 0 aromatic carbocycles. The zero-order valence-corrected chi connectivity index (χ0v) is 9.19. The van der Waals surface area contributed by atoms with Crippen LogP contribution in [0.3, 0.4) is 0 Å². The maximum atomic E-state index is 5.70. The first-order valence-electron chi connectivity index (χ1n) is 5.36. The summed E-state index contributed by atoms with van der Waals surface area (Å²) in [5.74, 6) is 0.130. The van der Waals surface area contributed by atoms with Gasteiger partial charge in [0, 0.05) is 26.1 Å². The van der Waals surface area contributed by atoms with Crippen molar-refractivity contribution < 1.29 is 9.47 Å². The Morgan fingerprint density at radius 1 is 1.40 bits per heavy atom. The second kappa shape index (κ2) is 4.47. The molecular formula is C12H18NO2. The summed E-state index contributed by atoms with van der Waals surface area (Å²) < 4.78 is 11.1. The molecule has 1 heterocycles. The molecule has 0 N–H and O–H groups in total. The van der Waals surface area contributed by atoms with Crippen molar-refractivity contribution in [1.29, 1.82) is 0 Å². The molecule has 1 saturated heterocycles. The molecule has 0 aromatic rings. The van der Waals surface area contributed by atoms with Crippen molar-refractivity contribution in [2.75, 3.05) is 33.4 Å². The second-order valence-corrected chi connectivity index (χ2v) is 3.91. The molecule has 1 radical (unpaired) electrons. The van der Waals surface area contributed by atoms with Gasteiger partial charge in [-0.3, -0.25) is 4.90 Å². The van der Waals surface area contributed by atoms with Crippen molar-refractivity contribution in [2.24, 2.45) is 5.92 Å². The molecule has 2 aliphatic rings. The zero-order valence-electron chi connectivity index (χ0n) is 9.19. The number of allylic oxidation sites excluding steroid dienone is 2. The van der Waals surface area contributed by atoms with E-state index in [2.05, 4.69) is 24.0 Å². The maximum absolute atomic E-state index is 5.70. The standard InChI is InChI=1S/C12H18NO2/c1-11-5-3-4-6-12(11,14-2)13-7-9-15-10-8-13/h3-6,11H,1,7-10H2,2H3. The van der Waals surface area contributed by atoms with Crippen molar-refractivity contribution in [3.05, 3.63) is 31.2 Å². The van der Waals surface area contributed by atoms with Gasteiger partial charge >= 0.3 is 0 Å². The van der Waals surface area contributed by atoms with Crippen LogP contribution in [0.2, 0.25) is 0 Å². The van der Waals surface area contributed by atoms with E-state index in [0.29, 0.717) is 0 Å². The number of rotatable bonds is 2. The van der Waals surface area contributed by atoms with Crippen molar-refractivity contribution >= 4 is 0 Å². The minimum Gasteiger partial charge on any atom is -0.379 e. The average Bonchev–Trinajstić information content (AvgIpc) is 2.31. The summed E-state index contributed by atoms with van der Waals surface area (Å²) in [4.78, 5) is 2.30. The molecule has 83 valence electrons. The molecule has 1 aliphatic carbocycles. The van der Waals surface area contributed by atoms with Crippen LogP contribution in [0.25, 0.3) is 0 Å². The molecule has 0 aromatic heterocycles. The number of hydrogen-bond donors (Lipinski definition) is 0. The molecule has 2 atom stereocenters. The van der Waals surface area contributed by atoms with E-state index >= 15 is 0 Å². The molecule has 0 spiro atoms. The van der Waals surface area contributed by atoms with E-state index < -0.39 is 0 Å². The summed E-state index contributed by atoms with van der Waals surface area (Å²) in [5, 5.41) is 0. The predicted molar refractivity (Wildman–Crippen MR) is 59.3 cm³/mol. The fourth-order valence-corrected chi connectivity index (χ4v) is 2.25. The summed E-state index contributed by atoms with van der Waals surface area (Å²) in [5.41, 5.74) is -0.376. The smallest absolute Gasteiger partial charge is 0.147 e. The summed E-state index contributed by atoms with van der Waals surface area (Å²) in [6, 6.07) is 0. The van der Waals surface area contributed by atoms with Crippen LogP contribution in [0.15, 0.2) is 24.3 Å². The van der Waals surface area contributed by atoms with Crippen LogP contribution in [-0.2, 0) is 9.47 Å². The van der Waals surface area contributed by atoms with Crippen molar-refractivity contribution in [1.82, 2.24) is 4.90 Å². The number of hydrogen-bond acceptors (Lipinski definition) is 3. The molecule has 2 unspecified atom stereocenters. The molecule has 3 heteroatoms. The Labute approximate surface area is 91.3 Å². The van der Waals surface area contributed by atoms with Gasteiger partial charge in [0.25, 0.3) is 0 Å². The monoisotopic (exact) mass is 208 g/mol. The molecule has 1 aliphatic heterocycles. The molecule has 0 amide bonds. The van der Waals surface area contributed by atoms with Crippen LogP contribution in [0.1, 0.15) is 0 Å². The Bertz CT molecular complexity index is 269. The largest absolute Gasteiger partial charge is 0.379 e. The highest BCUT2D eigenvalue weighted by molar-refractivity contribution is 5.22. The van der Waals surface area contributed by atoms with Gasteiger partial charge in [0.15, 0.2) is 0 Å². The lowest BCUT2D eigenvalue weighted by molar-refractivity contribution is -0.145. The third kappa shape index (κ3) is 1.87. The average molecular weight is 208 g/mol. The Morgan fingerprint density at radius 2 is 2.13 bits per heavy atom. The fraction of sp³-hybridized carbons (Fsp3) is 0.583. The topological polar surface area (TPSA) is 21.7 Å². The number of ether oxygens (including phenoxy) is 2. The van der Waals surface area contributed by atoms with Gasteiger partial charge in [-0.1, -0.05) is 18.2 Å². The Morgan fingerprint density at radius 3 is 2.73 bits per heavy atom. The third-order valence-corrected chi connectivity index (χ3v) is 3.15. The quantitative estimate of drug-likeness (QED) is 0.681. The van der Waals surface area contributed by atoms with Gasteiger partial charge in [0.1, 0.15) is 5.72 Å². The van der Waals surface area contributed by atoms with Crippen molar-refractivity contribution in [3.8, 4) is 0 Å². The van der Waals surface area contributed by atoms with Crippen LogP contribution in [0, 0.1) is 12.8 Å². The van der Waals surface area contributed by atoms with E-state index in [0.717, 1.165) is 26.3 Å². The fourth-order valence-electron chi connectivity index (χ4n) is 2.25. The molecule has 0 bridgehead atoms. The molecule has 3 nitrogen and oxygen atoms in total. The van der Waals surface area contributed by atoms with Gasteiger partial charge in [0.05, 0.1) is 13.2 Å². The van der Waals surface area contributed by atoms with Gasteiger partial charge in [-0.05, 0) is 13.0 Å². The van der Waals surface area contributed by atoms with Gasteiger partial charge < -0.3 is 9.47 Å². The highest BCUT2D eigenvalue weighted by atomic mass is 16.5. The molecular weight excluding hydrogens is 190 g/mol. The van der Waals surface area contributed by atoms with Crippen molar-refractivity contribution in [2.45, 2.75) is 5.72 Å². The zero-order chi connectivity index (χ0) is 10.7. The lowest BCUT2D eigenvalue weighted by atomic mass is 9.90. The van der Waals surface area contributed by atoms with Crippen LogP contribution in [-0.4, -0.2) is 44.0 Å². The summed E-state index contributed by atoms with van der Waals surface area (Å²) in [7, 11) is 1.75. The predicted octanol–water partition coefficient (Wildman–Crippen LogP) is 1.24. The second-order valence-electron chi connectivity index (χ2n) is 3.91. The minimum absolute atomic E-state index is 0.130. The van der Waals surface area contributed by atoms with E-state index in [1.165, 1.54) is 0 Å². The van der Waals surface area contributed by atoms with Gasteiger partial charge in [-0.15, -0.1) is 0 Å². The lowest BCUT2D eigenvalue weighted by Gasteiger charge is -2.46. The van der Waals surface area contributed by atoms with Gasteiger partial charge in [0.2, 0.25) is 0 Å². The SMILES string of the molecule is [CH2]C1C=CC=CC1(OC)N1CCOCC1. The maximum Gasteiger partial charge on any atom is 0.147 e. The third-order valence-electron chi connectivity index (χ3n) is 3.15. The van der Waals surface area contributed by atoms with E-state index in [-0.39, 0.29) is 11.6 Å². The molecule has 1 fully saturated rings. The summed E-state index contributed by atoms with van der Waals surface area (Å²) in [6.07, 6.45) is 8.23. The summed E-state index contributed by atoms with van der Waals surface area (Å²) in [6.45, 7) is 7.50. The number of methoxy groups -OCH3 is 1. The first kappa shape index (κ1) is 10.9. The normalized spacial score (nSPS) is 37.1. The van der Waals surface area contributed by atoms with E-state index in [9.17, 15) is 0 Å². The van der Waals surface area contributed by atoms with Crippen LogP contribution in [0.4, 0.5) is 0 Å². The minimum atomic E-state index is -0.376.